The van der Waals surface area contributed by atoms with Gasteiger partial charge in [-0.1, -0.05) is 24.3 Å². The van der Waals surface area contributed by atoms with E-state index in [1.54, 1.807) is 41.3 Å². The number of aryl methyl sites for hydroxylation is 2. The quantitative estimate of drug-likeness (QED) is 0.509. The molecule has 8 heteroatoms. The van der Waals surface area contributed by atoms with Crippen LogP contribution in [0.25, 0.3) is 0 Å². The van der Waals surface area contributed by atoms with Crippen LogP contribution in [-0.2, 0) is 9.59 Å². The summed E-state index contributed by atoms with van der Waals surface area (Å²) >= 11 is 0. The maximum atomic E-state index is 13.1. The first kappa shape index (κ1) is 24.8. The van der Waals surface area contributed by atoms with Crippen molar-refractivity contribution in [1.29, 1.82) is 0 Å². The van der Waals surface area contributed by atoms with Crippen LogP contribution in [0.4, 0.5) is 17.1 Å². The Morgan fingerprint density at radius 2 is 1.44 bits per heavy atom. The number of carbonyl (C=O) groups excluding carboxylic acids is 3. The molecule has 3 aromatic rings. The highest BCUT2D eigenvalue weighted by molar-refractivity contribution is 6.06. The molecule has 0 aliphatic carbocycles. The molecular weight excluding hydrogens is 458 g/mol. The molecule has 0 bridgehead atoms. The van der Waals surface area contributed by atoms with E-state index in [1.165, 1.54) is 14.2 Å². The molecule has 186 valence electrons. The third-order valence-corrected chi connectivity index (χ3v) is 6.08. The maximum absolute atomic E-state index is 13.1. The Labute approximate surface area is 210 Å². The zero-order chi connectivity index (χ0) is 25.8. The van der Waals surface area contributed by atoms with Crippen LogP contribution in [0.5, 0.6) is 11.5 Å². The number of methoxy groups -OCH3 is 2. The van der Waals surface area contributed by atoms with Gasteiger partial charge >= 0.3 is 0 Å². The van der Waals surface area contributed by atoms with E-state index in [4.69, 9.17) is 9.47 Å². The number of anilines is 3. The molecular formula is C28H29N3O5. The number of benzene rings is 3. The van der Waals surface area contributed by atoms with Crippen molar-refractivity contribution < 1.29 is 23.9 Å². The normalized spacial score (nSPS) is 14.9. The van der Waals surface area contributed by atoms with Crippen LogP contribution in [-0.4, -0.2) is 38.5 Å². The van der Waals surface area contributed by atoms with E-state index in [2.05, 4.69) is 10.6 Å². The monoisotopic (exact) mass is 487 g/mol. The summed E-state index contributed by atoms with van der Waals surface area (Å²) in [7, 11) is 2.95. The second kappa shape index (κ2) is 10.5. The first-order valence-corrected chi connectivity index (χ1v) is 11.6. The number of hydrogen-bond donors (Lipinski definition) is 2. The minimum Gasteiger partial charge on any atom is -0.494 e. The molecule has 0 saturated carbocycles. The van der Waals surface area contributed by atoms with Gasteiger partial charge in [-0.25, -0.2) is 0 Å². The SMILES string of the molecule is COc1cc(NC(=O)C2CC(=O)N(c3cc(C)cc(C)c3)C2)c(OC)cc1NC(=O)c1ccccc1. The van der Waals surface area contributed by atoms with E-state index in [9.17, 15) is 14.4 Å². The maximum Gasteiger partial charge on any atom is 0.255 e. The number of nitrogens with zero attached hydrogens (tertiary/aromatic N) is 1. The minimum atomic E-state index is -0.522. The smallest absolute Gasteiger partial charge is 0.255 e. The van der Waals surface area contributed by atoms with E-state index < -0.39 is 5.92 Å². The summed E-state index contributed by atoms with van der Waals surface area (Å²) < 4.78 is 10.9. The van der Waals surface area contributed by atoms with Gasteiger partial charge in [-0.2, -0.15) is 0 Å². The molecule has 1 aliphatic heterocycles. The van der Waals surface area contributed by atoms with Crippen molar-refractivity contribution in [3.8, 4) is 11.5 Å². The first-order valence-electron chi connectivity index (χ1n) is 11.6. The molecule has 0 aromatic heterocycles. The summed E-state index contributed by atoms with van der Waals surface area (Å²) in [5.41, 5.74) is 4.19. The summed E-state index contributed by atoms with van der Waals surface area (Å²) in [5, 5.41) is 5.69. The summed E-state index contributed by atoms with van der Waals surface area (Å²) in [5.74, 6) is -0.506. The fraction of sp³-hybridized carbons (Fsp3) is 0.250. The van der Waals surface area contributed by atoms with Crippen LogP contribution < -0.4 is 25.0 Å². The number of hydrogen-bond acceptors (Lipinski definition) is 5. The highest BCUT2D eigenvalue weighted by Gasteiger charge is 2.35. The average Bonchev–Trinajstić information content (AvgIpc) is 3.26. The second-order valence-electron chi connectivity index (χ2n) is 8.81. The lowest BCUT2D eigenvalue weighted by atomic mass is 10.1. The van der Waals surface area contributed by atoms with Crippen LogP contribution in [0.2, 0.25) is 0 Å². The van der Waals surface area contributed by atoms with E-state index in [-0.39, 0.29) is 30.7 Å². The topological polar surface area (TPSA) is 97.0 Å². The van der Waals surface area contributed by atoms with Crippen molar-refractivity contribution in [2.75, 3.05) is 36.3 Å². The Bertz CT molecular complexity index is 1290. The Hall–Kier alpha value is -4.33. The third-order valence-electron chi connectivity index (χ3n) is 6.08. The van der Waals surface area contributed by atoms with Crippen LogP contribution in [0.3, 0.4) is 0 Å². The third kappa shape index (κ3) is 5.33. The summed E-state index contributed by atoms with van der Waals surface area (Å²) in [6, 6.07) is 17.9. The van der Waals surface area contributed by atoms with Gasteiger partial charge in [0, 0.05) is 36.3 Å². The number of amides is 3. The van der Waals surface area contributed by atoms with Gasteiger partial charge in [-0.05, 0) is 49.2 Å². The molecule has 2 N–H and O–H groups in total. The highest BCUT2D eigenvalue weighted by atomic mass is 16.5. The van der Waals surface area contributed by atoms with Gasteiger partial charge in [0.1, 0.15) is 11.5 Å². The first-order chi connectivity index (χ1) is 17.3. The fourth-order valence-corrected chi connectivity index (χ4v) is 4.35. The molecule has 0 spiro atoms. The molecule has 1 saturated heterocycles. The minimum absolute atomic E-state index is 0.0938. The van der Waals surface area contributed by atoms with Crippen LogP contribution in [0.15, 0.2) is 60.7 Å². The van der Waals surface area contributed by atoms with Gasteiger partial charge in [0.25, 0.3) is 5.91 Å². The van der Waals surface area contributed by atoms with Gasteiger partial charge in [0.05, 0.1) is 31.5 Å². The van der Waals surface area contributed by atoms with Gasteiger partial charge in [0.15, 0.2) is 0 Å². The Morgan fingerprint density at radius 3 is 2.03 bits per heavy atom. The van der Waals surface area contributed by atoms with Crippen molar-refractivity contribution in [1.82, 2.24) is 0 Å². The lowest BCUT2D eigenvalue weighted by Crippen LogP contribution is -2.28. The molecule has 3 aromatic carbocycles. The lowest BCUT2D eigenvalue weighted by molar-refractivity contribution is -0.122. The molecule has 1 unspecified atom stereocenters. The molecule has 1 atom stereocenters. The Kier molecular flexibility index (Phi) is 7.24. The van der Waals surface area contributed by atoms with Crippen LogP contribution >= 0.6 is 0 Å². The summed E-state index contributed by atoms with van der Waals surface area (Å²) in [6.07, 6.45) is 0.115. The Morgan fingerprint density at radius 1 is 0.861 bits per heavy atom. The molecule has 8 nitrogen and oxygen atoms in total. The fourth-order valence-electron chi connectivity index (χ4n) is 4.35. The van der Waals surface area contributed by atoms with E-state index in [0.29, 0.717) is 28.4 Å². The molecule has 36 heavy (non-hydrogen) atoms. The average molecular weight is 488 g/mol. The van der Waals surface area contributed by atoms with Crippen molar-refractivity contribution in [3.05, 3.63) is 77.4 Å². The van der Waals surface area contributed by atoms with Gasteiger partial charge in [-0.3, -0.25) is 14.4 Å². The van der Waals surface area contributed by atoms with Crippen molar-refractivity contribution >= 4 is 34.8 Å². The number of nitrogens with one attached hydrogen (secondary N) is 2. The van der Waals surface area contributed by atoms with Crippen molar-refractivity contribution in [2.24, 2.45) is 5.92 Å². The number of ether oxygens (including phenoxy) is 2. The molecule has 0 radical (unpaired) electrons. The van der Waals surface area contributed by atoms with E-state index in [0.717, 1.165) is 16.8 Å². The van der Waals surface area contributed by atoms with Crippen LogP contribution in [0.1, 0.15) is 27.9 Å². The lowest BCUT2D eigenvalue weighted by Gasteiger charge is -2.19. The Balaban J connectivity index is 1.51. The highest BCUT2D eigenvalue weighted by Crippen LogP contribution is 2.37. The number of rotatable bonds is 7. The zero-order valence-corrected chi connectivity index (χ0v) is 20.8. The van der Waals surface area contributed by atoms with Crippen LogP contribution in [0, 0.1) is 19.8 Å². The molecule has 4 rings (SSSR count). The van der Waals surface area contributed by atoms with Gasteiger partial charge in [0.2, 0.25) is 11.8 Å². The zero-order valence-electron chi connectivity index (χ0n) is 20.8. The van der Waals surface area contributed by atoms with Gasteiger partial charge in [-0.15, -0.1) is 0 Å². The second-order valence-corrected chi connectivity index (χ2v) is 8.81. The molecule has 1 fully saturated rings. The molecule has 3 amide bonds. The molecule has 1 aliphatic rings. The molecule has 1 heterocycles. The van der Waals surface area contributed by atoms with E-state index in [1.807, 2.05) is 38.1 Å². The summed E-state index contributed by atoms with van der Waals surface area (Å²) in [6.45, 7) is 4.25. The van der Waals surface area contributed by atoms with Gasteiger partial charge < -0.3 is 25.0 Å². The summed E-state index contributed by atoms with van der Waals surface area (Å²) in [4.78, 5) is 40.1. The van der Waals surface area contributed by atoms with Crippen molar-refractivity contribution in [2.45, 2.75) is 20.3 Å². The largest absolute Gasteiger partial charge is 0.494 e. The standard InChI is InChI=1S/C28H29N3O5/c1-17-10-18(2)12-21(11-17)31-16-20(13-26(31)32)28(34)30-23-15-24(35-3)22(14-25(23)36-4)29-27(33)19-8-6-5-7-9-19/h5-12,14-15,20H,13,16H2,1-4H3,(H,29,33)(H,30,34). The number of carbonyl (C=O) groups is 3. The van der Waals surface area contributed by atoms with E-state index >= 15 is 0 Å². The predicted molar refractivity (Wildman–Crippen MR) is 139 cm³/mol. The van der Waals surface area contributed by atoms with Crippen molar-refractivity contribution in [3.63, 3.8) is 0 Å². The predicted octanol–water partition coefficient (Wildman–Crippen LogP) is 4.56.